The largest absolute Gasteiger partial charge is 0.353 e. The molecule has 0 saturated heterocycles. The molecule has 2 fully saturated rings. The Morgan fingerprint density at radius 1 is 1.21 bits per heavy atom. The fourth-order valence-corrected chi connectivity index (χ4v) is 4.06. The molecular formula is C16H30N2O. The van der Waals surface area contributed by atoms with Crippen LogP contribution in [0.15, 0.2) is 0 Å². The fourth-order valence-electron chi connectivity index (χ4n) is 4.06. The molecule has 6 atom stereocenters. The number of hydrogen-bond acceptors (Lipinski definition) is 2. The number of hydrogen-bond donors (Lipinski definition) is 2. The van der Waals surface area contributed by atoms with Gasteiger partial charge in [0.05, 0.1) is 5.92 Å². The molecule has 3 heteroatoms. The fraction of sp³-hybridized carbons (Fsp3) is 0.938. The van der Waals surface area contributed by atoms with Gasteiger partial charge in [0, 0.05) is 12.1 Å². The molecule has 6 unspecified atom stereocenters. The summed E-state index contributed by atoms with van der Waals surface area (Å²) in [6, 6.07) is 0.425. The Morgan fingerprint density at radius 3 is 2.58 bits per heavy atom. The van der Waals surface area contributed by atoms with Crippen molar-refractivity contribution in [3.8, 4) is 0 Å². The number of nitrogens with two attached hydrogens (primary N) is 1. The van der Waals surface area contributed by atoms with Gasteiger partial charge in [0.25, 0.3) is 0 Å². The van der Waals surface area contributed by atoms with E-state index < -0.39 is 0 Å². The van der Waals surface area contributed by atoms with E-state index in [2.05, 4.69) is 26.1 Å². The maximum Gasteiger partial charge on any atom is 0.224 e. The lowest BCUT2D eigenvalue weighted by molar-refractivity contribution is -0.128. The molecule has 0 heterocycles. The first-order valence-electron chi connectivity index (χ1n) is 8.10. The van der Waals surface area contributed by atoms with Crippen molar-refractivity contribution in [2.24, 2.45) is 29.4 Å². The first-order chi connectivity index (χ1) is 9.04. The van der Waals surface area contributed by atoms with Gasteiger partial charge >= 0.3 is 0 Å². The van der Waals surface area contributed by atoms with E-state index >= 15 is 0 Å². The smallest absolute Gasteiger partial charge is 0.224 e. The molecular weight excluding hydrogens is 236 g/mol. The van der Waals surface area contributed by atoms with E-state index in [1.165, 1.54) is 19.3 Å². The second kappa shape index (κ2) is 6.25. The minimum absolute atomic E-state index is 0.0385. The van der Waals surface area contributed by atoms with E-state index in [-0.39, 0.29) is 17.9 Å². The third kappa shape index (κ3) is 3.13. The van der Waals surface area contributed by atoms with Gasteiger partial charge in [-0.3, -0.25) is 4.79 Å². The van der Waals surface area contributed by atoms with Crippen molar-refractivity contribution in [3.05, 3.63) is 0 Å². The molecule has 2 aliphatic rings. The van der Waals surface area contributed by atoms with Crippen LogP contribution >= 0.6 is 0 Å². The average molecular weight is 266 g/mol. The zero-order valence-electron chi connectivity index (χ0n) is 12.7. The van der Waals surface area contributed by atoms with Crippen LogP contribution in [0.4, 0.5) is 0 Å². The lowest BCUT2D eigenvalue weighted by atomic mass is 9.77. The van der Waals surface area contributed by atoms with Crippen LogP contribution in [0.2, 0.25) is 0 Å². The standard InChI is InChI=1S/C16H30N2O/c1-4-12-8-9-14(11(12)3)18-16(19)13-7-5-6-10(2)15(13)17/h10-15H,4-9,17H2,1-3H3,(H,18,19). The minimum atomic E-state index is 0.0385. The van der Waals surface area contributed by atoms with Gasteiger partial charge in [-0.15, -0.1) is 0 Å². The highest BCUT2D eigenvalue weighted by Gasteiger charge is 2.37. The molecule has 2 saturated carbocycles. The van der Waals surface area contributed by atoms with Gasteiger partial charge in [-0.2, -0.15) is 0 Å². The molecule has 0 bridgehead atoms. The highest BCUT2D eigenvalue weighted by atomic mass is 16.2. The van der Waals surface area contributed by atoms with E-state index in [0.717, 1.165) is 25.2 Å². The number of carbonyl (C=O) groups is 1. The van der Waals surface area contributed by atoms with Gasteiger partial charge in [-0.25, -0.2) is 0 Å². The molecule has 0 aliphatic heterocycles. The number of carbonyl (C=O) groups excluding carboxylic acids is 1. The second-order valence-electron chi connectivity index (χ2n) is 6.81. The molecule has 1 amide bonds. The molecule has 3 nitrogen and oxygen atoms in total. The van der Waals surface area contributed by atoms with Crippen molar-refractivity contribution in [3.63, 3.8) is 0 Å². The van der Waals surface area contributed by atoms with Crippen LogP contribution in [-0.2, 0) is 4.79 Å². The monoisotopic (exact) mass is 266 g/mol. The number of rotatable bonds is 3. The van der Waals surface area contributed by atoms with Crippen LogP contribution in [0.3, 0.4) is 0 Å². The third-order valence-corrected chi connectivity index (χ3v) is 5.71. The summed E-state index contributed by atoms with van der Waals surface area (Å²) in [5.74, 6) is 2.13. The van der Waals surface area contributed by atoms with Gasteiger partial charge in [-0.1, -0.05) is 33.6 Å². The van der Waals surface area contributed by atoms with Crippen LogP contribution in [0.1, 0.15) is 59.3 Å². The Hall–Kier alpha value is -0.570. The molecule has 0 aromatic rings. The summed E-state index contributed by atoms with van der Waals surface area (Å²) in [7, 11) is 0. The number of nitrogens with one attached hydrogen (secondary N) is 1. The van der Waals surface area contributed by atoms with Gasteiger partial charge in [0.2, 0.25) is 5.91 Å². The molecule has 0 radical (unpaired) electrons. The van der Waals surface area contributed by atoms with Crippen LogP contribution < -0.4 is 11.1 Å². The highest BCUT2D eigenvalue weighted by Crippen LogP contribution is 2.35. The average Bonchev–Trinajstić information content (AvgIpc) is 2.73. The quantitative estimate of drug-likeness (QED) is 0.825. The molecule has 3 N–H and O–H groups in total. The lowest BCUT2D eigenvalue weighted by Crippen LogP contribution is -2.50. The summed E-state index contributed by atoms with van der Waals surface area (Å²) in [4.78, 5) is 12.5. The Morgan fingerprint density at radius 2 is 1.95 bits per heavy atom. The van der Waals surface area contributed by atoms with E-state index in [1.54, 1.807) is 0 Å². The van der Waals surface area contributed by atoms with Crippen LogP contribution in [0.25, 0.3) is 0 Å². The molecule has 0 aromatic heterocycles. The maximum atomic E-state index is 12.5. The van der Waals surface area contributed by atoms with Gasteiger partial charge < -0.3 is 11.1 Å². The summed E-state index contributed by atoms with van der Waals surface area (Å²) in [5.41, 5.74) is 6.22. The first-order valence-corrected chi connectivity index (χ1v) is 8.10. The summed E-state index contributed by atoms with van der Waals surface area (Å²) < 4.78 is 0. The van der Waals surface area contributed by atoms with Crippen LogP contribution in [0, 0.1) is 23.7 Å². The van der Waals surface area contributed by atoms with Crippen LogP contribution in [0.5, 0.6) is 0 Å². The first kappa shape index (κ1) is 14.8. The van der Waals surface area contributed by atoms with Crippen molar-refractivity contribution in [1.29, 1.82) is 0 Å². The third-order valence-electron chi connectivity index (χ3n) is 5.71. The topological polar surface area (TPSA) is 55.1 Å². The zero-order valence-corrected chi connectivity index (χ0v) is 12.7. The van der Waals surface area contributed by atoms with Crippen LogP contribution in [-0.4, -0.2) is 18.0 Å². The van der Waals surface area contributed by atoms with Gasteiger partial charge in [0.15, 0.2) is 0 Å². The molecule has 0 spiro atoms. The molecule has 19 heavy (non-hydrogen) atoms. The van der Waals surface area contributed by atoms with E-state index in [9.17, 15) is 4.79 Å². The van der Waals surface area contributed by atoms with Crippen molar-refractivity contribution < 1.29 is 4.79 Å². The predicted molar refractivity (Wildman–Crippen MR) is 78.6 cm³/mol. The van der Waals surface area contributed by atoms with Crippen molar-refractivity contribution in [2.75, 3.05) is 0 Å². The summed E-state index contributed by atoms with van der Waals surface area (Å²) >= 11 is 0. The maximum absolute atomic E-state index is 12.5. The Balaban J connectivity index is 1.90. The van der Waals surface area contributed by atoms with E-state index in [0.29, 0.717) is 17.9 Å². The summed E-state index contributed by atoms with van der Waals surface area (Å²) in [6.07, 6.45) is 6.91. The van der Waals surface area contributed by atoms with Crippen molar-refractivity contribution >= 4 is 5.91 Å². The lowest BCUT2D eigenvalue weighted by Gasteiger charge is -2.34. The summed E-state index contributed by atoms with van der Waals surface area (Å²) in [6.45, 7) is 6.72. The Bertz CT molecular complexity index is 318. The zero-order chi connectivity index (χ0) is 14.0. The van der Waals surface area contributed by atoms with Gasteiger partial charge in [0.1, 0.15) is 0 Å². The SMILES string of the molecule is CCC1CCC(NC(=O)C2CCCC(C)C2N)C1C. The highest BCUT2D eigenvalue weighted by molar-refractivity contribution is 5.80. The Kier molecular flexibility index (Phi) is 4.88. The van der Waals surface area contributed by atoms with E-state index in [4.69, 9.17) is 5.73 Å². The number of amides is 1. The minimum Gasteiger partial charge on any atom is -0.353 e. The van der Waals surface area contributed by atoms with Crippen molar-refractivity contribution in [1.82, 2.24) is 5.32 Å². The molecule has 2 rings (SSSR count). The van der Waals surface area contributed by atoms with E-state index in [1.807, 2.05) is 0 Å². The normalized spacial score (nSPS) is 43.2. The Labute approximate surface area is 117 Å². The van der Waals surface area contributed by atoms with Gasteiger partial charge in [-0.05, 0) is 43.4 Å². The molecule has 2 aliphatic carbocycles. The molecule has 110 valence electrons. The predicted octanol–water partition coefficient (Wildman–Crippen LogP) is 2.69. The van der Waals surface area contributed by atoms with Crippen molar-refractivity contribution in [2.45, 2.75) is 71.4 Å². The summed E-state index contributed by atoms with van der Waals surface area (Å²) in [5, 5.41) is 3.29. The molecule has 0 aromatic carbocycles. The second-order valence-corrected chi connectivity index (χ2v) is 6.81.